The number of carbonyl (C=O) groups excluding carboxylic acids is 1. The number of rotatable bonds is 3. The van der Waals surface area contributed by atoms with Crippen molar-refractivity contribution in [3.05, 3.63) is 18.5 Å². The molecule has 2 fully saturated rings. The molecule has 6 nitrogen and oxygen atoms in total. The molecule has 1 saturated heterocycles. The maximum atomic E-state index is 12.3. The summed E-state index contributed by atoms with van der Waals surface area (Å²) in [5.74, 6) is 0.0725. The maximum Gasteiger partial charge on any atom is 0.226 e. The summed E-state index contributed by atoms with van der Waals surface area (Å²) in [5.41, 5.74) is 0. The third-order valence-electron chi connectivity index (χ3n) is 4.45. The lowest BCUT2D eigenvalue weighted by Crippen LogP contribution is -2.44. The minimum atomic E-state index is -0.0589. The van der Waals surface area contributed by atoms with Crippen LogP contribution in [0.3, 0.4) is 0 Å². The SMILES string of the molecule is O=C(NC1CCC(n2cccn2)CC1)C1CNCCOC1. The number of hydrogen-bond donors (Lipinski definition) is 2. The van der Waals surface area contributed by atoms with E-state index in [2.05, 4.69) is 15.7 Å². The van der Waals surface area contributed by atoms with Gasteiger partial charge >= 0.3 is 0 Å². The van der Waals surface area contributed by atoms with Gasteiger partial charge in [-0.25, -0.2) is 0 Å². The summed E-state index contributed by atoms with van der Waals surface area (Å²) < 4.78 is 7.49. The molecule has 1 aromatic heterocycles. The summed E-state index contributed by atoms with van der Waals surface area (Å²) in [6.45, 7) is 2.77. The van der Waals surface area contributed by atoms with Gasteiger partial charge in [-0.1, -0.05) is 0 Å². The molecule has 1 aliphatic heterocycles. The zero-order valence-electron chi connectivity index (χ0n) is 12.3. The molecular weight excluding hydrogens is 268 g/mol. The van der Waals surface area contributed by atoms with E-state index in [0.29, 0.717) is 31.8 Å². The minimum Gasteiger partial charge on any atom is -0.379 e. The highest BCUT2D eigenvalue weighted by atomic mass is 16.5. The van der Waals surface area contributed by atoms with Crippen molar-refractivity contribution in [3.63, 3.8) is 0 Å². The van der Waals surface area contributed by atoms with Crippen LogP contribution in [0.4, 0.5) is 0 Å². The minimum absolute atomic E-state index is 0.0589. The van der Waals surface area contributed by atoms with Crippen molar-refractivity contribution in [3.8, 4) is 0 Å². The van der Waals surface area contributed by atoms with E-state index in [4.69, 9.17) is 4.74 Å². The molecule has 1 amide bonds. The van der Waals surface area contributed by atoms with Gasteiger partial charge in [0.1, 0.15) is 0 Å². The van der Waals surface area contributed by atoms with Crippen molar-refractivity contribution < 1.29 is 9.53 Å². The zero-order valence-corrected chi connectivity index (χ0v) is 12.3. The third kappa shape index (κ3) is 3.83. The first kappa shape index (κ1) is 14.5. The number of nitrogens with one attached hydrogen (secondary N) is 2. The van der Waals surface area contributed by atoms with Gasteiger partial charge in [-0.05, 0) is 31.7 Å². The van der Waals surface area contributed by atoms with Gasteiger partial charge in [0.05, 0.1) is 25.2 Å². The predicted molar refractivity (Wildman–Crippen MR) is 78.8 cm³/mol. The van der Waals surface area contributed by atoms with Crippen LogP contribution in [-0.4, -0.2) is 48.0 Å². The summed E-state index contributed by atoms with van der Waals surface area (Å²) in [6.07, 6.45) is 8.05. The second-order valence-electron chi connectivity index (χ2n) is 5.98. The Morgan fingerprint density at radius 3 is 2.95 bits per heavy atom. The van der Waals surface area contributed by atoms with E-state index in [1.54, 1.807) is 0 Å². The lowest BCUT2D eigenvalue weighted by atomic mass is 9.91. The Morgan fingerprint density at radius 2 is 2.19 bits per heavy atom. The van der Waals surface area contributed by atoms with E-state index in [1.165, 1.54) is 0 Å². The van der Waals surface area contributed by atoms with Gasteiger partial charge in [0, 0.05) is 31.5 Å². The molecule has 1 unspecified atom stereocenters. The lowest BCUT2D eigenvalue weighted by Gasteiger charge is -2.30. The van der Waals surface area contributed by atoms with Gasteiger partial charge in [-0.3, -0.25) is 9.48 Å². The van der Waals surface area contributed by atoms with Crippen LogP contribution in [0.15, 0.2) is 18.5 Å². The van der Waals surface area contributed by atoms with E-state index in [-0.39, 0.29) is 11.8 Å². The highest BCUT2D eigenvalue weighted by Gasteiger charge is 2.27. The smallest absolute Gasteiger partial charge is 0.226 e. The number of carbonyl (C=O) groups is 1. The van der Waals surface area contributed by atoms with E-state index < -0.39 is 0 Å². The summed E-state index contributed by atoms with van der Waals surface area (Å²) >= 11 is 0. The van der Waals surface area contributed by atoms with Gasteiger partial charge in [0.2, 0.25) is 5.91 Å². The van der Waals surface area contributed by atoms with Crippen LogP contribution in [0.1, 0.15) is 31.7 Å². The molecule has 0 aromatic carbocycles. The number of aromatic nitrogens is 2. The van der Waals surface area contributed by atoms with E-state index in [0.717, 1.165) is 32.2 Å². The Morgan fingerprint density at radius 1 is 1.33 bits per heavy atom. The van der Waals surface area contributed by atoms with Crippen molar-refractivity contribution in [1.29, 1.82) is 0 Å². The summed E-state index contributed by atoms with van der Waals surface area (Å²) in [6, 6.07) is 2.75. The van der Waals surface area contributed by atoms with Crippen molar-refractivity contribution in [2.75, 3.05) is 26.3 Å². The Balaban J connectivity index is 1.45. The molecule has 1 aromatic rings. The quantitative estimate of drug-likeness (QED) is 0.861. The fourth-order valence-electron chi connectivity index (χ4n) is 3.17. The topological polar surface area (TPSA) is 68.2 Å². The molecule has 1 aliphatic carbocycles. The predicted octanol–water partition coefficient (Wildman–Crippen LogP) is 0.719. The Labute approximate surface area is 125 Å². The van der Waals surface area contributed by atoms with Crippen LogP contribution < -0.4 is 10.6 Å². The first-order valence-corrected chi connectivity index (χ1v) is 7.91. The summed E-state index contributed by atoms with van der Waals surface area (Å²) in [7, 11) is 0. The van der Waals surface area contributed by atoms with Crippen molar-refractivity contribution in [1.82, 2.24) is 20.4 Å². The fraction of sp³-hybridized carbons (Fsp3) is 0.733. The van der Waals surface area contributed by atoms with E-state index in [1.807, 2.05) is 23.1 Å². The Kier molecular flexibility index (Phi) is 4.87. The maximum absolute atomic E-state index is 12.3. The van der Waals surface area contributed by atoms with Gasteiger partial charge < -0.3 is 15.4 Å². The molecule has 0 bridgehead atoms. The summed E-state index contributed by atoms with van der Waals surface area (Å²) in [5, 5.41) is 10.8. The van der Waals surface area contributed by atoms with Gasteiger partial charge in [-0.15, -0.1) is 0 Å². The molecule has 2 heterocycles. The third-order valence-corrected chi connectivity index (χ3v) is 4.45. The highest BCUT2D eigenvalue weighted by Crippen LogP contribution is 2.27. The molecule has 1 atom stereocenters. The van der Waals surface area contributed by atoms with Crippen LogP contribution in [0.5, 0.6) is 0 Å². The normalized spacial score (nSPS) is 30.6. The first-order chi connectivity index (χ1) is 10.3. The van der Waals surface area contributed by atoms with Gasteiger partial charge in [0.25, 0.3) is 0 Å². The number of nitrogens with zero attached hydrogens (tertiary/aromatic N) is 2. The fourth-order valence-corrected chi connectivity index (χ4v) is 3.17. The largest absolute Gasteiger partial charge is 0.379 e. The van der Waals surface area contributed by atoms with Crippen LogP contribution >= 0.6 is 0 Å². The van der Waals surface area contributed by atoms with Crippen LogP contribution in [-0.2, 0) is 9.53 Å². The molecule has 116 valence electrons. The zero-order chi connectivity index (χ0) is 14.5. The monoisotopic (exact) mass is 292 g/mol. The lowest BCUT2D eigenvalue weighted by molar-refractivity contribution is -0.127. The molecule has 0 radical (unpaired) electrons. The molecule has 2 aliphatic rings. The molecule has 0 spiro atoms. The van der Waals surface area contributed by atoms with Crippen LogP contribution in [0, 0.1) is 5.92 Å². The van der Waals surface area contributed by atoms with Gasteiger partial charge in [0.15, 0.2) is 0 Å². The van der Waals surface area contributed by atoms with Crippen LogP contribution in [0.25, 0.3) is 0 Å². The molecule has 21 heavy (non-hydrogen) atoms. The average Bonchev–Trinajstić information content (AvgIpc) is 2.90. The Bertz CT molecular complexity index is 433. The van der Waals surface area contributed by atoms with Crippen molar-refractivity contribution in [2.45, 2.75) is 37.8 Å². The van der Waals surface area contributed by atoms with Gasteiger partial charge in [-0.2, -0.15) is 5.10 Å². The molecule has 1 saturated carbocycles. The number of amides is 1. The highest BCUT2D eigenvalue weighted by molar-refractivity contribution is 5.79. The second-order valence-corrected chi connectivity index (χ2v) is 5.98. The average molecular weight is 292 g/mol. The molecular formula is C15H24N4O2. The molecule has 2 N–H and O–H groups in total. The standard InChI is InChI=1S/C15H24N4O2/c20-15(12-10-16-7-9-21-11-12)18-13-2-4-14(5-3-13)19-8-1-6-17-19/h1,6,8,12-14,16H,2-5,7,9-11H2,(H,18,20). The second kappa shape index (κ2) is 7.04. The van der Waals surface area contributed by atoms with E-state index in [9.17, 15) is 4.79 Å². The van der Waals surface area contributed by atoms with Crippen molar-refractivity contribution >= 4 is 5.91 Å². The Hall–Kier alpha value is -1.40. The van der Waals surface area contributed by atoms with E-state index >= 15 is 0 Å². The summed E-state index contributed by atoms with van der Waals surface area (Å²) in [4.78, 5) is 12.3. The first-order valence-electron chi connectivity index (χ1n) is 7.91. The number of ether oxygens (including phenoxy) is 1. The molecule has 3 rings (SSSR count). The van der Waals surface area contributed by atoms with Crippen LogP contribution in [0.2, 0.25) is 0 Å². The number of hydrogen-bond acceptors (Lipinski definition) is 4. The van der Waals surface area contributed by atoms with Crippen molar-refractivity contribution in [2.24, 2.45) is 5.92 Å². The molecule has 6 heteroatoms.